The maximum atomic E-state index is 12.4. The minimum absolute atomic E-state index is 0.189. The molecule has 0 amide bonds. The largest absolute Gasteiger partial charge is 0.461 e. The van der Waals surface area contributed by atoms with E-state index in [1.165, 1.54) is 12.1 Å². The van der Waals surface area contributed by atoms with Gasteiger partial charge in [0.05, 0.1) is 0 Å². The summed E-state index contributed by atoms with van der Waals surface area (Å²) < 4.78 is 57.5. The molecule has 16 heavy (non-hydrogen) atoms. The zero-order chi connectivity index (χ0) is 12.2. The number of ether oxygens (including phenoxy) is 1. The molecule has 0 bridgehead atoms. The number of rotatable bonds is 6. The van der Waals surface area contributed by atoms with E-state index in [0.29, 0.717) is 0 Å². The summed E-state index contributed by atoms with van der Waals surface area (Å²) in [4.78, 5) is 0. The second kappa shape index (κ2) is 5.31. The fraction of sp³-hybridized carbons (Fsp3) is 0.556. The van der Waals surface area contributed by atoms with Gasteiger partial charge in [-0.25, -0.2) is 8.78 Å². The van der Waals surface area contributed by atoms with E-state index in [2.05, 4.69) is 4.74 Å². The van der Waals surface area contributed by atoms with Crippen LogP contribution >= 0.6 is 0 Å². The van der Waals surface area contributed by atoms with Gasteiger partial charge in [0.25, 0.3) is 0 Å². The van der Waals surface area contributed by atoms with Crippen LogP contribution < -0.4 is 0 Å². The molecular weight excluding hydrogens is 232 g/mol. The van der Waals surface area contributed by atoms with E-state index >= 15 is 0 Å². The number of aliphatic hydroxyl groups excluding tert-OH is 1. The van der Waals surface area contributed by atoms with Crippen molar-refractivity contribution in [1.82, 2.24) is 0 Å². The van der Waals surface area contributed by atoms with Crippen LogP contribution in [0.5, 0.6) is 0 Å². The molecule has 0 aliphatic carbocycles. The number of hydrogen-bond donors (Lipinski definition) is 1. The molecule has 0 saturated heterocycles. The Morgan fingerprint density at radius 1 is 1.31 bits per heavy atom. The van der Waals surface area contributed by atoms with E-state index < -0.39 is 19.0 Å². The van der Waals surface area contributed by atoms with Gasteiger partial charge in [0.1, 0.15) is 31.3 Å². The van der Waals surface area contributed by atoms with Crippen LogP contribution in [0.4, 0.5) is 17.6 Å². The molecule has 1 heterocycles. The standard InChI is InChI=1S/C9H10F4O3/c10-8(11)9(12,13)5-15-4-7-2-1-6(3-14)16-7/h1-2,8,14H,3-5H2. The Bertz CT molecular complexity index is 324. The second-order valence-electron chi connectivity index (χ2n) is 3.08. The van der Waals surface area contributed by atoms with Crippen molar-refractivity contribution >= 4 is 0 Å². The van der Waals surface area contributed by atoms with Crippen molar-refractivity contribution in [1.29, 1.82) is 0 Å². The lowest BCUT2D eigenvalue weighted by molar-refractivity contribution is -0.169. The summed E-state index contributed by atoms with van der Waals surface area (Å²) in [7, 11) is 0. The van der Waals surface area contributed by atoms with E-state index in [4.69, 9.17) is 9.52 Å². The first kappa shape index (κ1) is 13.0. The Kier molecular flexibility index (Phi) is 4.31. The molecule has 0 saturated carbocycles. The first-order chi connectivity index (χ1) is 7.45. The van der Waals surface area contributed by atoms with Crippen LogP contribution in [0.1, 0.15) is 11.5 Å². The minimum atomic E-state index is -4.16. The number of aliphatic hydroxyl groups is 1. The molecule has 0 radical (unpaired) electrons. The van der Waals surface area contributed by atoms with E-state index in [9.17, 15) is 17.6 Å². The fourth-order valence-corrected chi connectivity index (χ4v) is 0.936. The molecule has 0 spiro atoms. The van der Waals surface area contributed by atoms with E-state index in [1.54, 1.807) is 0 Å². The SMILES string of the molecule is OCc1ccc(COCC(F)(F)C(F)F)o1. The van der Waals surface area contributed by atoms with Crippen LogP contribution in [-0.2, 0) is 18.0 Å². The van der Waals surface area contributed by atoms with Crippen LogP contribution in [0.15, 0.2) is 16.5 Å². The third-order valence-corrected chi connectivity index (χ3v) is 1.73. The molecule has 1 aromatic rings. The van der Waals surface area contributed by atoms with Gasteiger partial charge in [0, 0.05) is 0 Å². The summed E-state index contributed by atoms with van der Waals surface area (Å²) >= 11 is 0. The number of furan rings is 1. The maximum absolute atomic E-state index is 12.4. The lowest BCUT2D eigenvalue weighted by Gasteiger charge is -2.14. The average molecular weight is 242 g/mol. The number of halogens is 4. The zero-order valence-corrected chi connectivity index (χ0v) is 8.13. The van der Waals surface area contributed by atoms with Crippen molar-refractivity contribution in [3.05, 3.63) is 23.7 Å². The molecule has 0 atom stereocenters. The molecule has 92 valence electrons. The van der Waals surface area contributed by atoms with Crippen LogP contribution in [-0.4, -0.2) is 24.1 Å². The van der Waals surface area contributed by atoms with Crippen LogP contribution in [0, 0.1) is 0 Å². The summed E-state index contributed by atoms with van der Waals surface area (Å²) in [6, 6.07) is 2.84. The predicted molar refractivity (Wildman–Crippen MR) is 45.2 cm³/mol. The topological polar surface area (TPSA) is 42.6 Å². The highest BCUT2D eigenvalue weighted by Crippen LogP contribution is 2.23. The van der Waals surface area contributed by atoms with Crippen molar-refractivity contribution in [2.24, 2.45) is 0 Å². The van der Waals surface area contributed by atoms with Crippen LogP contribution in [0.3, 0.4) is 0 Å². The first-order valence-corrected chi connectivity index (χ1v) is 4.38. The fourth-order valence-electron chi connectivity index (χ4n) is 0.936. The van der Waals surface area contributed by atoms with Gasteiger partial charge in [-0.15, -0.1) is 0 Å². The van der Waals surface area contributed by atoms with Gasteiger partial charge < -0.3 is 14.3 Å². The Morgan fingerprint density at radius 2 is 1.94 bits per heavy atom. The quantitative estimate of drug-likeness (QED) is 0.777. The number of hydrogen-bond acceptors (Lipinski definition) is 3. The molecule has 1 rings (SSSR count). The monoisotopic (exact) mass is 242 g/mol. The van der Waals surface area contributed by atoms with Crippen molar-refractivity contribution in [2.75, 3.05) is 6.61 Å². The van der Waals surface area contributed by atoms with Gasteiger partial charge in [-0.1, -0.05) is 0 Å². The molecule has 0 aromatic carbocycles. The molecule has 0 aliphatic heterocycles. The Morgan fingerprint density at radius 3 is 2.44 bits per heavy atom. The summed E-state index contributed by atoms with van der Waals surface area (Å²) in [6.07, 6.45) is -3.75. The minimum Gasteiger partial charge on any atom is -0.461 e. The van der Waals surface area contributed by atoms with Crippen LogP contribution in [0.25, 0.3) is 0 Å². The van der Waals surface area contributed by atoms with E-state index in [0.717, 1.165) is 0 Å². The highest BCUT2D eigenvalue weighted by molar-refractivity contribution is 5.05. The van der Waals surface area contributed by atoms with Gasteiger partial charge in [-0.05, 0) is 12.1 Å². The summed E-state index contributed by atoms with van der Waals surface area (Å²) in [6.45, 7) is -2.05. The Labute approximate surface area is 88.6 Å². The molecule has 1 aromatic heterocycles. The summed E-state index contributed by atoms with van der Waals surface area (Å²) in [5.74, 6) is -3.72. The second-order valence-corrected chi connectivity index (χ2v) is 3.08. The lowest BCUT2D eigenvalue weighted by Crippen LogP contribution is -2.32. The molecule has 0 unspecified atom stereocenters. The van der Waals surface area contributed by atoms with E-state index in [1.807, 2.05) is 0 Å². The van der Waals surface area contributed by atoms with Crippen molar-refractivity contribution < 1.29 is 31.8 Å². The van der Waals surface area contributed by atoms with Gasteiger partial charge in [-0.3, -0.25) is 0 Å². The Hall–Kier alpha value is -1.08. The molecule has 1 N–H and O–H groups in total. The zero-order valence-electron chi connectivity index (χ0n) is 8.13. The van der Waals surface area contributed by atoms with Gasteiger partial charge in [0.2, 0.25) is 0 Å². The molecule has 0 aliphatic rings. The van der Waals surface area contributed by atoms with Crippen molar-refractivity contribution in [3.63, 3.8) is 0 Å². The smallest absolute Gasteiger partial charge is 0.330 e. The highest BCUT2D eigenvalue weighted by atomic mass is 19.3. The number of alkyl halides is 4. The molecule has 3 nitrogen and oxygen atoms in total. The average Bonchev–Trinajstić information content (AvgIpc) is 2.65. The third kappa shape index (κ3) is 3.49. The summed E-state index contributed by atoms with van der Waals surface area (Å²) in [5.41, 5.74) is 0. The van der Waals surface area contributed by atoms with E-state index in [-0.39, 0.29) is 24.7 Å². The molecule has 0 fully saturated rings. The highest BCUT2D eigenvalue weighted by Gasteiger charge is 2.40. The lowest BCUT2D eigenvalue weighted by atomic mass is 10.4. The first-order valence-electron chi connectivity index (χ1n) is 4.38. The Balaban J connectivity index is 2.35. The van der Waals surface area contributed by atoms with Gasteiger partial charge in [-0.2, -0.15) is 8.78 Å². The van der Waals surface area contributed by atoms with Gasteiger partial charge >= 0.3 is 12.3 Å². The van der Waals surface area contributed by atoms with Crippen molar-refractivity contribution in [2.45, 2.75) is 25.6 Å². The summed E-state index contributed by atoms with van der Waals surface area (Å²) in [5, 5.41) is 8.62. The van der Waals surface area contributed by atoms with Gasteiger partial charge in [0.15, 0.2) is 0 Å². The molecule has 7 heteroatoms. The third-order valence-electron chi connectivity index (χ3n) is 1.73. The molecular formula is C9H10F4O3. The van der Waals surface area contributed by atoms with Crippen LogP contribution in [0.2, 0.25) is 0 Å². The maximum Gasteiger partial charge on any atom is 0.330 e. The normalized spacial score (nSPS) is 12.4. The van der Waals surface area contributed by atoms with Crippen molar-refractivity contribution in [3.8, 4) is 0 Å². The predicted octanol–water partition coefficient (Wildman–Crippen LogP) is 2.19.